The fourth-order valence-corrected chi connectivity index (χ4v) is 2.77. The third-order valence-electron chi connectivity index (χ3n) is 2.99. The van der Waals surface area contributed by atoms with E-state index in [2.05, 4.69) is 15.4 Å². The minimum absolute atomic E-state index is 0.0663. The number of aryl methyl sites for hydroxylation is 1. The van der Waals surface area contributed by atoms with E-state index in [0.29, 0.717) is 6.54 Å². The predicted molar refractivity (Wildman–Crippen MR) is 81.6 cm³/mol. The van der Waals surface area contributed by atoms with Gasteiger partial charge in [0.2, 0.25) is 0 Å². The van der Waals surface area contributed by atoms with Crippen molar-refractivity contribution in [2.45, 2.75) is 13.5 Å². The molecule has 106 valence electrons. The number of rotatable bonds is 4. The Morgan fingerprint density at radius 1 is 1.29 bits per heavy atom. The monoisotopic (exact) mass is 298 g/mol. The number of thiophene rings is 1. The van der Waals surface area contributed by atoms with Gasteiger partial charge in [0.15, 0.2) is 5.82 Å². The van der Waals surface area contributed by atoms with E-state index in [0.717, 1.165) is 21.1 Å². The summed E-state index contributed by atoms with van der Waals surface area (Å²) in [4.78, 5) is 18.3. The maximum absolute atomic E-state index is 12.1. The standard InChI is InChI=1S/C15H14N4OS/c1-11-5-6-13(21-11)15(20)17-10-12-4-2-7-16-14(12)19-9-3-8-18-19/h2-9H,10H2,1H3,(H,17,20). The Hall–Kier alpha value is -2.47. The molecule has 0 saturated heterocycles. The van der Waals surface area contributed by atoms with Gasteiger partial charge in [-0.15, -0.1) is 11.3 Å². The van der Waals surface area contributed by atoms with Gasteiger partial charge < -0.3 is 5.32 Å². The van der Waals surface area contributed by atoms with E-state index < -0.39 is 0 Å². The van der Waals surface area contributed by atoms with Crippen molar-refractivity contribution in [3.8, 4) is 5.82 Å². The third-order valence-corrected chi connectivity index (χ3v) is 3.99. The summed E-state index contributed by atoms with van der Waals surface area (Å²) in [6.45, 7) is 2.40. The molecule has 0 unspecified atom stereocenters. The summed E-state index contributed by atoms with van der Waals surface area (Å²) in [5.41, 5.74) is 0.919. The molecule has 0 radical (unpaired) electrons. The largest absolute Gasteiger partial charge is 0.347 e. The first-order valence-electron chi connectivity index (χ1n) is 6.52. The Bertz CT molecular complexity index is 749. The Morgan fingerprint density at radius 3 is 2.90 bits per heavy atom. The smallest absolute Gasteiger partial charge is 0.261 e. The van der Waals surface area contributed by atoms with E-state index in [-0.39, 0.29) is 5.91 Å². The van der Waals surface area contributed by atoms with Gasteiger partial charge in [0.05, 0.1) is 4.88 Å². The number of nitrogens with one attached hydrogen (secondary N) is 1. The van der Waals surface area contributed by atoms with Crippen molar-refractivity contribution in [3.05, 3.63) is 64.2 Å². The maximum Gasteiger partial charge on any atom is 0.261 e. The second-order valence-corrected chi connectivity index (χ2v) is 5.82. The summed E-state index contributed by atoms with van der Waals surface area (Å²) in [6.07, 6.45) is 5.24. The lowest BCUT2D eigenvalue weighted by Crippen LogP contribution is -2.23. The molecule has 1 N–H and O–H groups in total. The summed E-state index contributed by atoms with van der Waals surface area (Å²) in [5.74, 6) is 0.661. The van der Waals surface area contributed by atoms with Crippen LogP contribution in [0.25, 0.3) is 5.82 Å². The Morgan fingerprint density at radius 2 is 2.19 bits per heavy atom. The molecule has 0 bridgehead atoms. The molecule has 0 saturated carbocycles. The summed E-state index contributed by atoms with van der Waals surface area (Å²) in [7, 11) is 0. The Balaban J connectivity index is 1.75. The second kappa shape index (κ2) is 5.88. The second-order valence-electron chi connectivity index (χ2n) is 4.53. The fourth-order valence-electron chi connectivity index (χ4n) is 1.99. The van der Waals surface area contributed by atoms with Crippen molar-refractivity contribution in [3.63, 3.8) is 0 Å². The number of nitrogens with zero attached hydrogens (tertiary/aromatic N) is 3. The lowest BCUT2D eigenvalue weighted by molar-refractivity contribution is 0.0955. The first-order chi connectivity index (χ1) is 10.2. The van der Waals surface area contributed by atoms with Crippen molar-refractivity contribution in [1.29, 1.82) is 0 Å². The lowest BCUT2D eigenvalue weighted by Gasteiger charge is -2.09. The van der Waals surface area contributed by atoms with Gasteiger partial charge in [-0.25, -0.2) is 9.67 Å². The van der Waals surface area contributed by atoms with Crippen molar-refractivity contribution in [1.82, 2.24) is 20.1 Å². The molecule has 21 heavy (non-hydrogen) atoms. The van der Waals surface area contributed by atoms with Crippen molar-refractivity contribution in [2.24, 2.45) is 0 Å². The fraction of sp³-hybridized carbons (Fsp3) is 0.133. The first kappa shape index (κ1) is 13.5. The van der Waals surface area contributed by atoms with E-state index >= 15 is 0 Å². The van der Waals surface area contributed by atoms with Crippen LogP contribution in [0.15, 0.2) is 48.9 Å². The maximum atomic E-state index is 12.1. The molecule has 0 aliphatic rings. The Labute approximate surface area is 126 Å². The molecule has 0 spiro atoms. The van der Waals surface area contributed by atoms with Crippen LogP contribution < -0.4 is 5.32 Å². The van der Waals surface area contributed by atoms with Gasteiger partial charge in [-0.05, 0) is 31.2 Å². The topological polar surface area (TPSA) is 59.8 Å². The Kier molecular flexibility index (Phi) is 3.79. The van der Waals surface area contributed by atoms with Gasteiger partial charge in [0, 0.05) is 35.6 Å². The molecule has 0 aliphatic carbocycles. The van der Waals surface area contributed by atoms with Crippen LogP contribution >= 0.6 is 11.3 Å². The minimum Gasteiger partial charge on any atom is -0.347 e. The van der Waals surface area contributed by atoms with Gasteiger partial charge in [0.1, 0.15) is 0 Å². The van der Waals surface area contributed by atoms with E-state index in [1.807, 2.05) is 43.5 Å². The highest BCUT2D eigenvalue weighted by molar-refractivity contribution is 7.13. The lowest BCUT2D eigenvalue weighted by atomic mass is 10.2. The van der Waals surface area contributed by atoms with Crippen LogP contribution in [0, 0.1) is 6.92 Å². The van der Waals surface area contributed by atoms with Crippen LogP contribution in [-0.4, -0.2) is 20.7 Å². The molecule has 0 aliphatic heterocycles. The first-order valence-corrected chi connectivity index (χ1v) is 7.34. The number of aromatic nitrogens is 3. The normalized spacial score (nSPS) is 10.5. The van der Waals surface area contributed by atoms with Crippen molar-refractivity contribution < 1.29 is 4.79 Å². The van der Waals surface area contributed by atoms with Crippen molar-refractivity contribution >= 4 is 17.2 Å². The molecule has 3 aromatic heterocycles. The quantitative estimate of drug-likeness (QED) is 0.805. The molecule has 3 rings (SSSR count). The SMILES string of the molecule is Cc1ccc(C(=O)NCc2cccnc2-n2cccn2)s1. The zero-order valence-corrected chi connectivity index (χ0v) is 12.3. The summed E-state index contributed by atoms with van der Waals surface area (Å²) in [6, 6.07) is 9.41. The molecular weight excluding hydrogens is 284 g/mol. The number of hydrogen-bond donors (Lipinski definition) is 1. The molecule has 1 amide bonds. The van der Waals surface area contributed by atoms with Gasteiger partial charge in [-0.3, -0.25) is 4.79 Å². The third kappa shape index (κ3) is 3.00. The zero-order chi connectivity index (χ0) is 14.7. The van der Waals surface area contributed by atoms with Crippen LogP contribution in [0.1, 0.15) is 20.1 Å². The number of hydrogen-bond acceptors (Lipinski definition) is 4. The minimum atomic E-state index is -0.0663. The van der Waals surface area contributed by atoms with Gasteiger partial charge >= 0.3 is 0 Å². The molecule has 0 fully saturated rings. The van der Waals surface area contributed by atoms with E-state index in [4.69, 9.17) is 0 Å². The molecule has 3 heterocycles. The van der Waals surface area contributed by atoms with E-state index in [1.165, 1.54) is 11.3 Å². The molecule has 6 heteroatoms. The molecule has 0 atom stereocenters. The van der Waals surface area contributed by atoms with Gasteiger partial charge in [-0.2, -0.15) is 5.10 Å². The number of carbonyl (C=O) groups excluding carboxylic acids is 1. The number of carbonyl (C=O) groups is 1. The summed E-state index contributed by atoms with van der Waals surface area (Å²) < 4.78 is 1.69. The predicted octanol–water partition coefficient (Wildman–Crippen LogP) is 2.57. The van der Waals surface area contributed by atoms with Crippen molar-refractivity contribution in [2.75, 3.05) is 0 Å². The average Bonchev–Trinajstić information content (AvgIpc) is 3.16. The summed E-state index contributed by atoms with van der Waals surface area (Å²) >= 11 is 1.49. The molecular formula is C15H14N4OS. The van der Waals surface area contributed by atoms with Crippen LogP contribution in [-0.2, 0) is 6.54 Å². The van der Waals surface area contributed by atoms with E-state index in [9.17, 15) is 4.79 Å². The van der Waals surface area contributed by atoms with Gasteiger partial charge in [0.25, 0.3) is 5.91 Å². The highest BCUT2D eigenvalue weighted by Crippen LogP contribution is 2.15. The van der Waals surface area contributed by atoms with Gasteiger partial charge in [-0.1, -0.05) is 6.07 Å². The average molecular weight is 298 g/mol. The van der Waals surface area contributed by atoms with Crippen LogP contribution in [0.3, 0.4) is 0 Å². The number of pyridine rings is 1. The van der Waals surface area contributed by atoms with Crippen LogP contribution in [0.4, 0.5) is 0 Å². The molecule has 3 aromatic rings. The highest BCUT2D eigenvalue weighted by atomic mass is 32.1. The highest BCUT2D eigenvalue weighted by Gasteiger charge is 2.10. The summed E-state index contributed by atoms with van der Waals surface area (Å²) in [5, 5.41) is 7.10. The molecule has 5 nitrogen and oxygen atoms in total. The molecule has 0 aromatic carbocycles. The number of amides is 1. The van der Waals surface area contributed by atoms with Crippen LogP contribution in [0.5, 0.6) is 0 Å². The zero-order valence-electron chi connectivity index (χ0n) is 11.5. The van der Waals surface area contributed by atoms with Crippen LogP contribution in [0.2, 0.25) is 0 Å². The van der Waals surface area contributed by atoms with E-state index in [1.54, 1.807) is 17.1 Å².